The lowest BCUT2D eigenvalue weighted by Crippen LogP contribution is -2.47. The molecule has 3 N–H and O–H groups in total. The lowest BCUT2D eigenvalue weighted by atomic mass is 10.1. The average Bonchev–Trinajstić information content (AvgIpc) is 2.32. The molecule has 2 heterocycles. The number of piperidine rings is 1. The zero-order chi connectivity index (χ0) is 10.3. The number of nitrogens with one attached hydrogen (secondary N) is 3. The number of rotatable bonds is 4. The van der Waals surface area contributed by atoms with Crippen molar-refractivity contribution in [1.82, 2.24) is 20.9 Å². The minimum Gasteiger partial charge on any atom is -0.317 e. The Hall–Kier alpha value is -0.160. The summed E-state index contributed by atoms with van der Waals surface area (Å²) in [6.07, 6.45) is 2.59. The number of nitrogens with zero attached hydrogens (tertiary/aromatic N) is 1. The molecule has 0 bridgehead atoms. The quantitative estimate of drug-likeness (QED) is 0.572. The molecule has 0 amide bonds. The van der Waals surface area contributed by atoms with Gasteiger partial charge in [-0.05, 0) is 25.9 Å². The summed E-state index contributed by atoms with van der Waals surface area (Å²) < 4.78 is 0. The Labute approximate surface area is 92.8 Å². The van der Waals surface area contributed by atoms with Crippen molar-refractivity contribution in [3.05, 3.63) is 0 Å². The van der Waals surface area contributed by atoms with Crippen LogP contribution in [0.25, 0.3) is 0 Å². The standard InChI is InChI=1S/C11H24N4/c1-3-12-4-2-11(1)14-7-10-15-8-5-13-6-9-15/h11-14H,1-10H2. The molecule has 88 valence electrons. The highest BCUT2D eigenvalue weighted by Crippen LogP contribution is 2.01. The predicted octanol–water partition coefficient (Wildman–Crippen LogP) is -0.767. The van der Waals surface area contributed by atoms with Gasteiger partial charge in [-0.3, -0.25) is 4.90 Å². The zero-order valence-corrected chi connectivity index (χ0v) is 9.60. The van der Waals surface area contributed by atoms with Crippen LogP contribution in [0.4, 0.5) is 0 Å². The summed E-state index contributed by atoms with van der Waals surface area (Å²) in [7, 11) is 0. The highest BCUT2D eigenvalue weighted by Gasteiger charge is 2.13. The zero-order valence-electron chi connectivity index (χ0n) is 9.60. The topological polar surface area (TPSA) is 39.3 Å². The van der Waals surface area contributed by atoms with Crippen LogP contribution in [0.2, 0.25) is 0 Å². The van der Waals surface area contributed by atoms with Gasteiger partial charge in [-0.25, -0.2) is 0 Å². The summed E-state index contributed by atoms with van der Waals surface area (Å²) in [5.41, 5.74) is 0. The highest BCUT2D eigenvalue weighted by molar-refractivity contribution is 4.75. The Balaban J connectivity index is 1.53. The van der Waals surface area contributed by atoms with Crippen molar-refractivity contribution < 1.29 is 0 Å². The largest absolute Gasteiger partial charge is 0.317 e. The van der Waals surface area contributed by atoms with Crippen LogP contribution in [-0.4, -0.2) is 63.3 Å². The van der Waals surface area contributed by atoms with Crippen LogP contribution in [0, 0.1) is 0 Å². The Morgan fingerprint density at radius 3 is 2.40 bits per heavy atom. The van der Waals surface area contributed by atoms with Crippen LogP contribution >= 0.6 is 0 Å². The van der Waals surface area contributed by atoms with Crippen LogP contribution in [0.15, 0.2) is 0 Å². The molecule has 2 rings (SSSR count). The molecule has 4 nitrogen and oxygen atoms in total. The molecular formula is C11H24N4. The smallest absolute Gasteiger partial charge is 0.0108 e. The molecule has 0 unspecified atom stereocenters. The van der Waals surface area contributed by atoms with E-state index in [4.69, 9.17) is 0 Å². The lowest BCUT2D eigenvalue weighted by molar-refractivity contribution is 0.234. The van der Waals surface area contributed by atoms with Gasteiger partial charge in [0.05, 0.1) is 0 Å². The molecule has 2 aliphatic rings. The van der Waals surface area contributed by atoms with Gasteiger partial charge < -0.3 is 16.0 Å². The summed E-state index contributed by atoms with van der Waals surface area (Å²) >= 11 is 0. The van der Waals surface area contributed by atoms with Crippen LogP contribution < -0.4 is 16.0 Å². The second-order valence-corrected chi connectivity index (χ2v) is 4.57. The molecule has 2 fully saturated rings. The van der Waals surface area contributed by atoms with E-state index in [-0.39, 0.29) is 0 Å². The maximum absolute atomic E-state index is 3.67. The SMILES string of the molecule is C1CC(NCCN2CCNCC2)CCN1. The van der Waals surface area contributed by atoms with Crippen molar-refractivity contribution >= 4 is 0 Å². The minimum atomic E-state index is 0.758. The van der Waals surface area contributed by atoms with Gasteiger partial charge in [0.2, 0.25) is 0 Å². The Morgan fingerprint density at radius 1 is 1.00 bits per heavy atom. The van der Waals surface area contributed by atoms with Gasteiger partial charge in [-0.2, -0.15) is 0 Å². The molecule has 0 aliphatic carbocycles. The van der Waals surface area contributed by atoms with Gasteiger partial charge in [-0.15, -0.1) is 0 Å². The van der Waals surface area contributed by atoms with Gasteiger partial charge in [0.15, 0.2) is 0 Å². The van der Waals surface area contributed by atoms with Crippen LogP contribution in [0.5, 0.6) is 0 Å². The fraction of sp³-hybridized carbons (Fsp3) is 1.00. The van der Waals surface area contributed by atoms with Gasteiger partial charge in [0, 0.05) is 45.3 Å². The van der Waals surface area contributed by atoms with E-state index in [1.165, 1.54) is 45.6 Å². The second-order valence-electron chi connectivity index (χ2n) is 4.57. The maximum Gasteiger partial charge on any atom is 0.0108 e. The van der Waals surface area contributed by atoms with E-state index in [1.54, 1.807) is 0 Å². The third kappa shape index (κ3) is 4.07. The molecule has 0 aromatic rings. The maximum atomic E-state index is 3.67. The normalized spacial score (nSPS) is 25.6. The molecule has 0 radical (unpaired) electrons. The lowest BCUT2D eigenvalue weighted by Gasteiger charge is -2.29. The monoisotopic (exact) mass is 212 g/mol. The van der Waals surface area contributed by atoms with Gasteiger partial charge in [0.25, 0.3) is 0 Å². The summed E-state index contributed by atoms with van der Waals surface area (Å²) in [6, 6.07) is 0.758. The van der Waals surface area contributed by atoms with Crippen molar-refractivity contribution in [1.29, 1.82) is 0 Å². The fourth-order valence-corrected chi connectivity index (χ4v) is 2.39. The van der Waals surface area contributed by atoms with E-state index < -0.39 is 0 Å². The molecular weight excluding hydrogens is 188 g/mol. The molecule has 0 aromatic heterocycles. The van der Waals surface area contributed by atoms with E-state index in [0.29, 0.717) is 0 Å². The van der Waals surface area contributed by atoms with Crippen molar-refractivity contribution in [2.75, 3.05) is 52.4 Å². The first-order valence-electron chi connectivity index (χ1n) is 6.32. The van der Waals surface area contributed by atoms with Crippen LogP contribution in [0.1, 0.15) is 12.8 Å². The average molecular weight is 212 g/mol. The number of hydrogen-bond acceptors (Lipinski definition) is 4. The van der Waals surface area contributed by atoms with Crippen molar-refractivity contribution in [3.8, 4) is 0 Å². The fourth-order valence-electron chi connectivity index (χ4n) is 2.39. The minimum absolute atomic E-state index is 0.758. The third-order valence-corrected chi connectivity index (χ3v) is 3.41. The first-order chi connectivity index (χ1) is 7.45. The molecule has 4 heteroatoms. The van der Waals surface area contributed by atoms with Crippen LogP contribution in [-0.2, 0) is 0 Å². The Bertz CT molecular complexity index is 144. The summed E-state index contributed by atoms with van der Waals surface area (Å²) in [6.45, 7) is 9.50. The summed E-state index contributed by atoms with van der Waals surface area (Å²) in [5.74, 6) is 0. The van der Waals surface area contributed by atoms with Crippen LogP contribution in [0.3, 0.4) is 0 Å². The molecule has 2 aliphatic heterocycles. The third-order valence-electron chi connectivity index (χ3n) is 3.41. The summed E-state index contributed by atoms with van der Waals surface area (Å²) in [4.78, 5) is 2.55. The van der Waals surface area contributed by atoms with E-state index in [2.05, 4.69) is 20.9 Å². The van der Waals surface area contributed by atoms with E-state index in [1.807, 2.05) is 0 Å². The second kappa shape index (κ2) is 6.43. The first-order valence-corrected chi connectivity index (χ1v) is 6.32. The summed E-state index contributed by atoms with van der Waals surface area (Å²) in [5, 5.41) is 10.4. The molecule has 2 saturated heterocycles. The number of hydrogen-bond donors (Lipinski definition) is 3. The molecule has 0 aromatic carbocycles. The number of piperazine rings is 1. The van der Waals surface area contributed by atoms with Gasteiger partial charge in [-0.1, -0.05) is 0 Å². The first kappa shape index (κ1) is 11.3. The van der Waals surface area contributed by atoms with Gasteiger partial charge in [0.1, 0.15) is 0 Å². The van der Waals surface area contributed by atoms with E-state index in [0.717, 1.165) is 25.7 Å². The van der Waals surface area contributed by atoms with Crippen molar-refractivity contribution in [2.45, 2.75) is 18.9 Å². The van der Waals surface area contributed by atoms with E-state index in [9.17, 15) is 0 Å². The van der Waals surface area contributed by atoms with E-state index >= 15 is 0 Å². The molecule has 0 saturated carbocycles. The highest BCUT2D eigenvalue weighted by atomic mass is 15.2. The molecule has 0 spiro atoms. The molecule has 15 heavy (non-hydrogen) atoms. The van der Waals surface area contributed by atoms with Gasteiger partial charge >= 0.3 is 0 Å². The Morgan fingerprint density at radius 2 is 1.67 bits per heavy atom. The van der Waals surface area contributed by atoms with Crippen molar-refractivity contribution in [3.63, 3.8) is 0 Å². The van der Waals surface area contributed by atoms with Crippen molar-refractivity contribution in [2.24, 2.45) is 0 Å². The predicted molar refractivity (Wildman–Crippen MR) is 63.2 cm³/mol. The molecule has 0 atom stereocenters. The Kier molecular flexibility index (Phi) is 4.86.